The summed E-state index contributed by atoms with van der Waals surface area (Å²) in [7, 11) is 3.09. The molecule has 0 aromatic heterocycles. The maximum absolute atomic E-state index is 10.5. The average Bonchev–Trinajstić information content (AvgIpc) is 2.27. The minimum atomic E-state index is 0.131. The number of rotatable bonds is 6. The monoisotopic (exact) mass is 210 g/mol. The summed E-state index contributed by atoms with van der Waals surface area (Å²) in [5.41, 5.74) is 0.793. The van der Waals surface area contributed by atoms with Gasteiger partial charge < -0.3 is 19.0 Å². The van der Waals surface area contributed by atoms with E-state index in [9.17, 15) is 4.79 Å². The van der Waals surface area contributed by atoms with Crippen LogP contribution in [0.2, 0.25) is 0 Å². The van der Waals surface area contributed by atoms with E-state index in [1.807, 2.05) is 12.1 Å². The van der Waals surface area contributed by atoms with Crippen LogP contribution in [0.25, 0.3) is 0 Å². The zero-order valence-electron chi connectivity index (χ0n) is 8.86. The Morgan fingerprint density at radius 1 is 1.33 bits per heavy atom. The van der Waals surface area contributed by atoms with Gasteiger partial charge in [-0.15, -0.1) is 0 Å². The first-order valence-electron chi connectivity index (χ1n) is 4.54. The molecule has 0 fully saturated rings. The van der Waals surface area contributed by atoms with Gasteiger partial charge in [-0.25, -0.2) is 0 Å². The van der Waals surface area contributed by atoms with Gasteiger partial charge in [0.1, 0.15) is 6.29 Å². The number of hydrogen-bond donors (Lipinski definition) is 0. The van der Waals surface area contributed by atoms with Gasteiger partial charge in [0.2, 0.25) is 0 Å². The van der Waals surface area contributed by atoms with Gasteiger partial charge >= 0.3 is 0 Å². The molecule has 0 N–H and O–H groups in total. The second-order valence-corrected chi connectivity index (χ2v) is 2.87. The van der Waals surface area contributed by atoms with Crippen molar-refractivity contribution >= 4 is 6.29 Å². The third-order valence-corrected chi connectivity index (χ3v) is 1.90. The van der Waals surface area contributed by atoms with E-state index in [0.29, 0.717) is 17.9 Å². The molecular weight excluding hydrogens is 196 g/mol. The Kier molecular flexibility index (Phi) is 4.63. The predicted octanol–water partition coefficient (Wildman–Crippen LogP) is 1.42. The quantitative estimate of drug-likeness (QED) is 0.526. The fourth-order valence-corrected chi connectivity index (χ4v) is 1.25. The SMILES string of the molecule is COCOc1c(CC=O)cccc1OC. The van der Waals surface area contributed by atoms with E-state index >= 15 is 0 Å². The fourth-order valence-electron chi connectivity index (χ4n) is 1.25. The molecule has 0 aliphatic heterocycles. The molecule has 0 atom stereocenters. The van der Waals surface area contributed by atoms with Crippen molar-refractivity contribution in [2.24, 2.45) is 0 Å². The van der Waals surface area contributed by atoms with Gasteiger partial charge in [0.05, 0.1) is 7.11 Å². The van der Waals surface area contributed by atoms with E-state index in [0.717, 1.165) is 11.8 Å². The molecule has 82 valence electrons. The number of benzene rings is 1. The van der Waals surface area contributed by atoms with Crippen molar-refractivity contribution in [1.82, 2.24) is 0 Å². The number of carbonyl (C=O) groups excluding carboxylic acids is 1. The van der Waals surface area contributed by atoms with Crippen LogP contribution < -0.4 is 9.47 Å². The third kappa shape index (κ3) is 2.95. The summed E-state index contributed by atoms with van der Waals surface area (Å²) >= 11 is 0. The number of para-hydroxylation sites is 1. The molecule has 0 aliphatic carbocycles. The molecule has 1 rings (SSSR count). The van der Waals surface area contributed by atoms with E-state index in [2.05, 4.69) is 0 Å². The summed E-state index contributed by atoms with van der Waals surface area (Å²) in [5, 5.41) is 0. The van der Waals surface area contributed by atoms with Crippen LogP contribution in [0.3, 0.4) is 0 Å². The zero-order chi connectivity index (χ0) is 11.1. The van der Waals surface area contributed by atoms with E-state index in [-0.39, 0.29) is 6.79 Å². The Morgan fingerprint density at radius 3 is 2.73 bits per heavy atom. The lowest BCUT2D eigenvalue weighted by atomic mass is 10.1. The smallest absolute Gasteiger partial charge is 0.188 e. The molecule has 1 aromatic rings. The van der Waals surface area contributed by atoms with Crippen molar-refractivity contribution in [2.75, 3.05) is 21.0 Å². The zero-order valence-corrected chi connectivity index (χ0v) is 8.86. The Hall–Kier alpha value is -1.55. The molecule has 0 aliphatic rings. The first kappa shape index (κ1) is 11.5. The molecule has 0 amide bonds. The molecule has 0 saturated carbocycles. The van der Waals surface area contributed by atoms with Crippen molar-refractivity contribution < 1.29 is 19.0 Å². The van der Waals surface area contributed by atoms with Gasteiger partial charge in [0.15, 0.2) is 18.3 Å². The second kappa shape index (κ2) is 6.03. The molecule has 0 saturated heterocycles. The molecule has 15 heavy (non-hydrogen) atoms. The molecule has 4 heteroatoms. The Bertz CT molecular complexity index is 322. The molecular formula is C11H14O4. The van der Waals surface area contributed by atoms with Crippen molar-refractivity contribution in [1.29, 1.82) is 0 Å². The largest absolute Gasteiger partial charge is 0.493 e. The van der Waals surface area contributed by atoms with Gasteiger partial charge in [0.25, 0.3) is 0 Å². The number of carbonyl (C=O) groups is 1. The lowest BCUT2D eigenvalue weighted by Crippen LogP contribution is -2.04. The average molecular weight is 210 g/mol. The van der Waals surface area contributed by atoms with E-state index < -0.39 is 0 Å². The topological polar surface area (TPSA) is 44.8 Å². The van der Waals surface area contributed by atoms with Gasteiger partial charge in [0, 0.05) is 19.1 Å². The van der Waals surface area contributed by atoms with Gasteiger partial charge in [-0.2, -0.15) is 0 Å². The molecule has 0 spiro atoms. The van der Waals surface area contributed by atoms with E-state index in [1.165, 1.54) is 7.11 Å². The highest BCUT2D eigenvalue weighted by atomic mass is 16.7. The van der Waals surface area contributed by atoms with Crippen LogP contribution >= 0.6 is 0 Å². The molecule has 0 bridgehead atoms. The highest BCUT2D eigenvalue weighted by Crippen LogP contribution is 2.31. The van der Waals surface area contributed by atoms with Crippen molar-refractivity contribution in [3.8, 4) is 11.5 Å². The van der Waals surface area contributed by atoms with Crippen LogP contribution in [-0.2, 0) is 16.0 Å². The third-order valence-electron chi connectivity index (χ3n) is 1.90. The number of methoxy groups -OCH3 is 2. The molecule has 1 aromatic carbocycles. The fraction of sp³-hybridized carbons (Fsp3) is 0.364. The predicted molar refractivity (Wildman–Crippen MR) is 55.3 cm³/mol. The standard InChI is InChI=1S/C11H14O4/c1-13-8-15-11-9(6-7-12)4-3-5-10(11)14-2/h3-5,7H,6,8H2,1-2H3. The van der Waals surface area contributed by atoms with Crippen LogP contribution in [-0.4, -0.2) is 27.3 Å². The van der Waals surface area contributed by atoms with Crippen LogP contribution in [0, 0.1) is 0 Å². The highest BCUT2D eigenvalue weighted by Gasteiger charge is 2.09. The molecule has 0 unspecified atom stereocenters. The Morgan fingerprint density at radius 2 is 2.13 bits per heavy atom. The maximum Gasteiger partial charge on any atom is 0.188 e. The summed E-state index contributed by atoms with van der Waals surface area (Å²) in [6, 6.07) is 5.42. The van der Waals surface area contributed by atoms with Gasteiger partial charge in [-0.3, -0.25) is 0 Å². The number of hydrogen-bond acceptors (Lipinski definition) is 4. The van der Waals surface area contributed by atoms with E-state index in [4.69, 9.17) is 14.2 Å². The Balaban J connectivity index is 2.96. The summed E-state index contributed by atoms with van der Waals surface area (Å²) < 4.78 is 15.3. The maximum atomic E-state index is 10.5. The number of aldehydes is 1. The van der Waals surface area contributed by atoms with Crippen LogP contribution in [0.4, 0.5) is 0 Å². The summed E-state index contributed by atoms with van der Waals surface area (Å²) in [6.45, 7) is 0.131. The molecule has 0 radical (unpaired) electrons. The van der Waals surface area contributed by atoms with Crippen molar-refractivity contribution in [2.45, 2.75) is 6.42 Å². The summed E-state index contributed by atoms with van der Waals surface area (Å²) in [4.78, 5) is 10.5. The first-order valence-corrected chi connectivity index (χ1v) is 4.54. The number of ether oxygens (including phenoxy) is 3. The second-order valence-electron chi connectivity index (χ2n) is 2.87. The van der Waals surface area contributed by atoms with Crippen molar-refractivity contribution in [3.63, 3.8) is 0 Å². The van der Waals surface area contributed by atoms with Crippen LogP contribution in [0.1, 0.15) is 5.56 Å². The van der Waals surface area contributed by atoms with Crippen molar-refractivity contribution in [3.05, 3.63) is 23.8 Å². The molecule has 0 heterocycles. The van der Waals surface area contributed by atoms with Gasteiger partial charge in [-0.1, -0.05) is 12.1 Å². The lowest BCUT2D eigenvalue weighted by molar-refractivity contribution is -0.107. The summed E-state index contributed by atoms with van der Waals surface area (Å²) in [6.07, 6.45) is 1.13. The minimum absolute atomic E-state index is 0.131. The van der Waals surface area contributed by atoms with Crippen LogP contribution in [0.15, 0.2) is 18.2 Å². The normalized spacial score (nSPS) is 9.73. The highest BCUT2D eigenvalue weighted by molar-refractivity contribution is 5.60. The Labute approximate surface area is 88.8 Å². The van der Waals surface area contributed by atoms with E-state index in [1.54, 1.807) is 13.2 Å². The van der Waals surface area contributed by atoms with Crippen LogP contribution in [0.5, 0.6) is 11.5 Å². The first-order chi connectivity index (χ1) is 7.33. The lowest BCUT2D eigenvalue weighted by Gasteiger charge is -2.12. The summed E-state index contributed by atoms with van der Waals surface area (Å²) in [5.74, 6) is 1.17. The molecule has 4 nitrogen and oxygen atoms in total. The minimum Gasteiger partial charge on any atom is -0.493 e. The van der Waals surface area contributed by atoms with Gasteiger partial charge in [-0.05, 0) is 6.07 Å².